The fourth-order valence-electron chi connectivity index (χ4n) is 2.23. The van der Waals surface area contributed by atoms with E-state index in [1.165, 1.54) is 38.5 Å². The number of rotatable bonds is 6. The Kier molecular flexibility index (Phi) is 6.98. The molecule has 0 aromatic rings. The van der Waals surface area contributed by atoms with Crippen LogP contribution in [0.5, 0.6) is 0 Å². The second-order valence-electron chi connectivity index (χ2n) is 4.63. The first-order chi connectivity index (χ1) is 7.33. The van der Waals surface area contributed by atoms with Crippen molar-refractivity contribution < 1.29 is 0 Å². The van der Waals surface area contributed by atoms with Gasteiger partial charge >= 0.3 is 0 Å². The molecule has 2 unspecified atom stereocenters. The van der Waals surface area contributed by atoms with Crippen LogP contribution in [0.3, 0.4) is 0 Å². The van der Waals surface area contributed by atoms with Crippen LogP contribution in [0, 0.1) is 0 Å². The van der Waals surface area contributed by atoms with Gasteiger partial charge in [0.25, 0.3) is 0 Å². The van der Waals surface area contributed by atoms with Crippen LogP contribution < -0.4 is 16.4 Å². The van der Waals surface area contributed by atoms with Crippen LogP contribution >= 0.6 is 0 Å². The average Bonchev–Trinajstić information content (AvgIpc) is 2.43. The molecule has 4 N–H and O–H groups in total. The standard InChI is InChI=1S/C12H27N3/c1-2-14-9-4-10-15-12-6-3-5-11(13)7-8-12/h11-12,14-15H,2-10,13H2,1H3. The highest BCUT2D eigenvalue weighted by atomic mass is 14.9. The molecule has 0 radical (unpaired) electrons. The minimum absolute atomic E-state index is 0.457. The zero-order valence-corrected chi connectivity index (χ0v) is 10.1. The molecular weight excluding hydrogens is 186 g/mol. The molecule has 3 nitrogen and oxygen atoms in total. The minimum Gasteiger partial charge on any atom is -0.328 e. The van der Waals surface area contributed by atoms with Crippen LogP contribution in [-0.4, -0.2) is 31.7 Å². The van der Waals surface area contributed by atoms with Gasteiger partial charge in [-0.2, -0.15) is 0 Å². The first-order valence-electron chi connectivity index (χ1n) is 6.52. The van der Waals surface area contributed by atoms with E-state index < -0.39 is 0 Å². The van der Waals surface area contributed by atoms with Gasteiger partial charge in [-0.3, -0.25) is 0 Å². The van der Waals surface area contributed by atoms with E-state index in [0.717, 1.165) is 25.7 Å². The highest BCUT2D eigenvalue weighted by molar-refractivity contribution is 4.76. The van der Waals surface area contributed by atoms with Crippen molar-refractivity contribution >= 4 is 0 Å². The fraction of sp³-hybridized carbons (Fsp3) is 1.00. The van der Waals surface area contributed by atoms with Gasteiger partial charge < -0.3 is 16.4 Å². The van der Waals surface area contributed by atoms with Crippen molar-refractivity contribution in [2.45, 2.75) is 57.5 Å². The predicted octanol–water partition coefficient (Wildman–Crippen LogP) is 1.24. The predicted molar refractivity (Wildman–Crippen MR) is 66.0 cm³/mol. The van der Waals surface area contributed by atoms with E-state index in [1.807, 2.05) is 0 Å². The second kappa shape index (κ2) is 8.08. The Bertz CT molecular complexity index is 150. The SMILES string of the molecule is CCNCCCNC1CCCC(N)CC1. The number of hydrogen-bond donors (Lipinski definition) is 3. The maximum absolute atomic E-state index is 5.95. The summed E-state index contributed by atoms with van der Waals surface area (Å²) >= 11 is 0. The molecule has 90 valence electrons. The van der Waals surface area contributed by atoms with E-state index in [0.29, 0.717) is 6.04 Å². The van der Waals surface area contributed by atoms with Gasteiger partial charge in [-0.15, -0.1) is 0 Å². The van der Waals surface area contributed by atoms with Crippen molar-refractivity contribution in [1.29, 1.82) is 0 Å². The summed E-state index contributed by atoms with van der Waals surface area (Å²) in [6.07, 6.45) is 7.53. The van der Waals surface area contributed by atoms with Gasteiger partial charge in [-0.25, -0.2) is 0 Å². The number of hydrogen-bond acceptors (Lipinski definition) is 3. The maximum atomic E-state index is 5.95. The van der Waals surface area contributed by atoms with Crippen molar-refractivity contribution in [2.24, 2.45) is 5.73 Å². The summed E-state index contributed by atoms with van der Waals surface area (Å²) < 4.78 is 0. The van der Waals surface area contributed by atoms with Crippen LogP contribution in [0.1, 0.15) is 45.4 Å². The van der Waals surface area contributed by atoms with E-state index in [4.69, 9.17) is 5.73 Å². The molecular formula is C12H27N3. The topological polar surface area (TPSA) is 50.1 Å². The van der Waals surface area contributed by atoms with Crippen LogP contribution in [-0.2, 0) is 0 Å². The molecule has 0 amide bonds. The molecule has 0 heterocycles. The van der Waals surface area contributed by atoms with Gasteiger partial charge in [0, 0.05) is 12.1 Å². The smallest absolute Gasteiger partial charge is 0.00676 e. The van der Waals surface area contributed by atoms with E-state index in [9.17, 15) is 0 Å². The highest BCUT2D eigenvalue weighted by Crippen LogP contribution is 2.16. The Morgan fingerprint density at radius 1 is 1.13 bits per heavy atom. The first-order valence-corrected chi connectivity index (χ1v) is 6.52. The molecule has 0 aliphatic heterocycles. The molecule has 1 fully saturated rings. The van der Waals surface area contributed by atoms with E-state index >= 15 is 0 Å². The molecule has 3 heteroatoms. The first kappa shape index (κ1) is 12.9. The Labute approximate surface area is 94.2 Å². The Hall–Kier alpha value is -0.120. The monoisotopic (exact) mass is 213 g/mol. The lowest BCUT2D eigenvalue weighted by molar-refractivity contribution is 0.449. The van der Waals surface area contributed by atoms with Gasteiger partial charge in [0.1, 0.15) is 0 Å². The Morgan fingerprint density at radius 2 is 2.00 bits per heavy atom. The molecule has 1 rings (SSSR count). The van der Waals surface area contributed by atoms with Crippen molar-refractivity contribution in [3.63, 3.8) is 0 Å². The molecule has 0 bridgehead atoms. The Balaban J connectivity index is 2.00. The average molecular weight is 213 g/mol. The van der Waals surface area contributed by atoms with Crippen LogP contribution in [0.2, 0.25) is 0 Å². The Morgan fingerprint density at radius 3 is 2.80 bits per heavy atom. The maximum Gasteiger partial charge on any atom is 0.00676 e. The van der Waals surface area contributed by atoms with Gasteiger partial charge in [0.2, 0.25) is 0 Å². The lowest BCUT2D eigenvalue weighted by atomic mass is 10.1. The lowest BCUT2D eigenvalue weighted by Crippen LogP contribution is -2.31. The third-order valence-corrected chi connectivity index (χ3v) is 3.23. The third-order valence-electron chi connectivity index (χ3n) is 3.23. The summed E-state index contributed by atoms with van der Waals surface area (Å²) in [4.78, 5) is 0. The molecule has 1 aliphatic rings. The summed E-state index contributed by atoms with van der Waals surface area (Å²) in [6, 6.07) is 1.18. The van der Waals surface area contributed by atoms with Gasteiger partial charge in [0.05, 0.1) is 0 Å². The van der Waals surface area contributed by atoms with Crippen molar-refractivity contribution in [1.82, 2.24) is 10.6 Å². The van der Waals surface area contributed by atoms with E-state index in [-0.39, 0.29) is 0 Å². The highest BCUT2D eigenvalue weighted by Gasteiger charge is 2.15. The quantitative estimate of drug-likeness (QED) is 0.459. The zero-order chi connectivity index (χ0) is 10.9. The molecule has 0 aromatic heterocycles. The zero-order valence-electron chi connectivity index (χ0n) is 10.1. The van der Waals surface area contributed by atoms with Crippen LogP contribution in [0.4, 0.5) is 0 Å². The number of nitrogens with one attached hydrogen (secondary N) is 2. The summed E-state index contributed by atoms with van der Waals surface area (Å²) in [5, 5.41) is 6.99. The molecule has 2 atom stereocenters. The number of nitrogens with two attached hydrogens (primary N) is 1. The van der Waals surface area contributed by atoms with Crippen LogP contribution in [0.25, 0.3) is 0 Å². The summed E-state index contributed by atoms with van der Waals surface area (Å²) in [5.41, 5.74) is 5.95. The summed E-state index contributed by atoms with van der Waals surface area (Å²) in [7, 11) is 0. The minimum atomic E-state index is 0.457. The molecule has 15 heavy (non-hydrogen) atoms. The van der Waals surface area contributed by atoms with Crippen LogP contribution in [0.15, 0.2) is 0 Å². The molecule has 1 aliphatic carbocycles. The molecule has 0 aromatic carbocycles. The molecule has 1 saturated carbocycles. The van der Waals surface area contributed by atoms with Gasteiger partial charge in [-0.05, 0) is 51.7 Å². The van der Waals surface area contributed by atoms with E-state index in [1.54, 1.807) is 0 Å². The second-order valence-corrected chi connectivity index (χ2v) is 4.63. The van der Waals surface area contributed by atoms with Gasteiger partial charge in [-0.1, -0.05) is 13.3 Å². The largest absolute Gasteiger partial charge is 0.328 e. The molecule has 0 spiro atoms. The molecule has 0 saturated heterocycles. The van der Waals surface area contributed by atoms with Gasteiger partial charge in [0.15, 0.2) is 0 Å². The van der Waals surface area contributed by atoms with Crippen molar-refractivity contribution in [3.05, 3.63) is 0 Å². The van der Waals surface area contributed by atoms with Crippen molar-refractivity contribution in [2.75, 3.05) is 19.6 Å². The third kappa shape index (κ3) is 6.13. The normalized spacial score (nSPS) is 27.6. The van der Waals surface area contributed by atoms with Crippen molar-refractivity contribution in [3.8, 4) is 0 Å². The fourth-order valence-corrected chi connectivity index (χ4v) is 2.23. The van der Waals surface area contributed by atoms with E-state index in [2.05, 4.69) is 17.6 Å². The lowest BCUT2D eigenvalue weighted by Gasteiger charge is -2.16. The summed E-state index contributed by atoms with van der Waals surface area (Å²) in [6.45, 7) is 5.51. The summed E-state index contributed by atoms with van der Waals surface area (Å²) in [5.74, 6) is 0.